The number of hydrogen-bond acceptors (Lipinski definition) is 6. The van der Waals surface area contributed by atoms with Gasteiger partial charge in [-0.1, -0.05) is 0 Å². The topological polar surface area (TPSA) is 71.7 Å². The zero-order valence-electron chi connectivity index (χ0n) is 10.5. The quantitative estimate of drug-likeness (QED) is 0.816. The van der Waals surface area contributed by atoms with E-state index in [1.54, 1.807) is 13.3 Å². The lowest BCUT2D eigenvalue weighted by atomic mass is 10.3. The zero-order chi connectivity index (χ0) is 13.0. The van der Waals surface area contributed by atoms with E-state index in [9.17, 15) is 4.79 Å². The number of piperazine rings is 1. The van der Waals surface area contributed by atoms with Gasteiger partial charge in [-0.05, 0) is 0 Å². The minimum atomic E-state index is 0.163. The molecule has 1 aromatic heterocycles. The van der Waals surface area contributed by atoms with Gasteiger partial charge in [0.1, 0.15) is 0 Å². The molecule has 2 N–H and O–H groups in total. The lowest BCUT2D eigenvalue weighted by Gasteiger charge is -2.33. The second-order valence-corrected chi connectivity index (χ2v) is 5.40. The molecule has 1 saturated heterocycles. The molecule has 0 radical (unpaired) electrons. The van der Waals surface area contributed by atoms with Gasteiger partial charge in [0, 0.05) is 44.4 Å². The molecule has 2 heterocycles. The molecular formula is C11H18N4O2S. The van der Waals surface area contributed by atoms with Gasteiger partial charge < -0.3 is 15.4 Å². The Morgan fingerprint density at radius 1 is 1.56 bits per heavy atom. The van der Waals surface area contributed by atoms with Crippen LogP contribution in [0.1, 0.15) is 4.88 Å². The van der Waals surface area contributed by atoms with E-state index in [0.29, 0.717) is 24.8 Å². The van der Waals surface area contributed by atoms with Crippen molar-refractivity contribution in [3.05, 3.63) is 11.1 Å². The van der Waals surface area contributed by atoms with Crippen molar-refractivity contribution in [3.8, 4) is 0 Å². The number of carbonyl (C=O) groups excluding carboxylic acids is 1. The van der Waals surface area contributed by atoms with Crippen molar-refractivity contribution < 1.29 is 9.53 Å². The van der Waals surface area contributed by atoms with Gasteiger partial charge in [-0.25, -0.2) is 4.98 Å². The van der Waals surface area contributed by atoms with E-state index >= 15 is 0 Å². The average molecular weight is 270 g/mol. The average Bonchev–Trinajstić information content (AvgIpc) is 2.74. The van der Waals surface area contributed by atoms with Gasteiger partial charge in [0.15, 0.2) is 5.13 Å². The van der Waals surface area contributed by atoms with Crippen molar-refractivity contribution in [2.75, 3.05) is 45.6 Å². The van der Waals surface area contributed by atoms with Crippen LogP contribution in [-0.4, -0.2) is 60.6 Å². The highest BCUT2D eigenvalue weighted by Crippen LogP contribution is 2.17. The first kappa shape index (κ1) is 13.3. The summed E-state index contributed by atoms with van der Waals surface area (Å²) in [5.74, 6) is 0.163. The third-order valence-corrected chi connectivity index (χ3v) is 3.73. The molecule has 0 bridgehead atoms. The molecule has 7 heteroatoms. The summed E-state index contributed by atoms with van der Waals surface area (Å²) in [5.41, 5.74) is 5.59. The standard InChI is InChI=1S/C11H18N4O2S/c1-17-5-4-15-3-2-14(8-10(15)16)7-9-6-13-11(12)18-9/h6H,2-5,7-8H2,1H3,(H2,12,13). The first-order valence-electron chi connectivity index (χ1n) is 5.88. The fourth-order valence-electron chi connectivity index (χ4n) is 1.95. The molecule has 1 fully saturated rings. The van der Waals surface area contributed by atoms with Gasteiger partial charge in [-0.3, -0.25) is 9.69 Å². The summed E-state index contributed by atoms with van der Waals surface area (Å²) >= 11 is 1.48. The highest BCUT2D eigenvalue weighted by molar-refractivity contribution is 7.15. The van der Waals surface area contributed by atoms with E-state index in [4.69, 9.17) is 10.5 Å². The molecule has 0 spiro atoms. The summed E-state index contributed by atoms with van der Waals surface area (Å²) in [6, 6.07) is 0. The van der Waals surface area contributed by atoms with Crippen LogP contribution in [0.4, 0.5) is 5.13 Å². The number of nitrogens with two attached hydrogens (primary N) is 1. The van der Waals surface area contributed by atoms with Crippen LogP contribution in [0.5, 0.6) is 0 Å². The molecule has 0 aliphatic carbocycles. The SMILES string of the molecule is COCCN1CCN(Cc2cnc(N)s2)CC1=O. The van der Waals surface area contributed by atoms with E-state index in [-0.39, 0.29) is 5.91 Å². The van der Waals surface area contributed by atoms with Crippen molar-refractivity contribution >= 4 is 22.4 Å². The van der Waals surface area contributed by atoms with Gasteiger partial charge in [0.05, 0.1) is 13.2 Å². The molecule has 1 aliphatic heterocycles. The number of hydrogen-bond donors (Lipinski definition) is 1. The van der Waals surface area contributed by atoms with Gasteiger partial charge >= 0.3 is 0 Å². The number of amides is 1. The molecule has 1 aliphatic rings. The van der Waals surface area contributed by atoms with E-state index in [2.05, 4.69) is 9.88 Å². The first-order valence-corrected chi connectivity index (χ1v) is 6.70. The molecule has 2 rings (SSSR count). The molecule has 0 aromatic carbocycles. The zero-order valence-corrected chi connectivity index (χ0v) is 11.3. The predicted molar refractivity (Wildman–Crippen MR) is 70.3 cm³/mol. The monoisotopic (exact) mass is 270 g/mol. The lowest BCUT2D eigenvalue weighted by Crippen LogP contribution is -2.50. The molecule has 1 aromatic rings. The Kier molecular flexibility index (Phi) is 4.51. The third kappa shape index (κ3) is 3.41. The van der Waals surface area contributed by atoms with Gasteiger partial charge in [-0.15, -0.1) is 11.3 Å². The summed E-state index contributed by atoms with van der Waals surface area (Å²) in [7, 11) is 1.65. The van der Waals surface area contributed by atoms with Crippen molar-refractivity contribution in [3.63, 3.8) is 0 Å². The van der Waals surface area contributed by atoms with Crippen molar-refractivity contribution in [2.24, 2.45) is 0 Å². The molecule has 0 atom stereocenters. The second kappa shape index (κ2) is 6.12. The van der Waals surface area contributed by atoms with Crippen molar-refractivity contribution in [1.82, 2.24) is 14.8 Å². The number of thiazole rings is 1. The van der Waals surface area contributed by atoms with Crippen LogP contribution in [0.3, 0.4) is 0 Å². The Balaban J connectivity index is 1.82. The smallest absolute Gasteiger partial charge is 0.236 e. The number of nitrogens with zero attached hydrogens (tertiary/aromatic N) is 3. The summed E-state index contributed by atoms with van der Waals surface area (Å²) < 4.78 is 4.99. The number of anilines is 1. The summed E-state index contributed by atoms with van der Waals surface area (Å²) in [6.45, 7) is 4.12. The second-order valence-electron chi connectivity index (χ2n) is 4.25. The molecule has 1 amide bonds. The number of aromatic nitrogens is 1. The van der Waals surface area contributed by atoms with E-state index < -0.39 is 0 Å². The Morgan fingerprint density at radius 2 is 2.39 bits per heavy atom. The summed E-state index contributed by atoms with van der Waals surface area (Å²) in [4.78, 5) is 21.0. The van der Waals surface area contributed by atoms with Crippen LogP contribution < -0.4 is 5.73 Å². The Bertz CT molecular complexity index is 410. The molecule has 6 nitrogen and oxygen atoms in total. The Labute approximate surface area is 110 Å². The van der Waals surface area contributed by atoms with E-state index in [1.165, 1.54) is 11.3 Å². The maximum absolute atomic E-state index is 11.9. The maximum atomic E-state index is 11.9. The van der Waals surface area contributed by atoms with Gasteiger partial charge in [0.2, 0.25) is 5.91 Å². The third-order valence-electron chi connectivity index (χ3n) is 2.91. The fraction of sp³-hybridized carbons (Fsp3) is 0.636. The van der Waals surface area contributed by atoms with Crippen LogP contribution in [0.2, 0.25) is 0 Å². The first-order chi connectivity index (χ1) is 8.69. The van der Waals surface area contributed by atoms with Gasteiger partial charge in [0.25, 0.3) is 0 Å². The molecule has 100 valence electrons. The van der Waals surface area contributed by atoms with Crippen LogP contribution >= 0.6 is 11.3 Å². The molecular weight excluding hydrogens is 252 g/mol. The Morgan fingerprint density at radius 3 is 3.00 bits per heavy atom. The highest BCUT2D eigenvalue weighted by Gasteiger charge is 2.23. The van der Waals surface area contributed by atoms with Crippen LogP contribution in [0.25, 0.3) is 0 Å². The Hall–Kier alpha value is -1.18. The number of ether oxygens (including phenoxy) is 1. The van der Waals surface area contributed by atoms with Crippen LogP contribution in [0.15, 0.2) is 6.20 Å². The molecule has 0 saturated carbocycles. The summed E-state index contributed by atoms with van der Waals surface area (Å²) in [5, 5.41) is 0.579. The fourth-order valence-corrected chi connectivity index (χ4v) is 2.67. The van der Waals surface area contributed by atoms with Crippen LogP contribution in [-0.2, 0) is 16.1 Å². The van der Waals surface area contributed by atoms with Gasteiger partial charge in [-0.2, -0.15) is 0 Å². The van der Waals surface area contributed by atoms with Crippen LogP contribution in [0, 0.1) is 0 Å². The predicted octanol–water partition coefficient (Wildman–Crippen LogP) is 0.0159. The lowest BCUT2D eigenvalue weighted by molar-refractivity contribution is -0.136. The van der Waals surface area contributed by atoms with E-state index in [1.807, 2.05) is 4.90 Å². The maximum Gasteiger partial charge on any atom is 0.236 e. The minimum absolute atomic E-state index is 0.163. The number of nitrogen functional groups attached to an aromatic ring is 1. The number of rotatable bonds is 5. The minimum Gasteiger partial charge on any atom is -0.383 e. The van der Waals surface area contributed by atoms with Crippen molar-refractivity contribution in [2.45, 2.75) is 6.54 Å². The highest BCUT2D eigenvalue weighted by atomic mass is 32.1. The molecule has 0 unspecified atom stereocenters. The van der Waals surface area contributed by atoms with Crippen molar-refractivity contribution in [1.29, 1.82) is 0 Å². The molecule has 18 heavy (non-hydrogen) atoms. The summed E-state index contributed by atoms with van der Waals surface area (Å²) in [6.07, 6.45) is 1.78. The number of carbonyl (C=O) groups is 1. The largest absolute Gasteiger partial charge is 0.383 e. The number of methoxy groups -OCH3 is 1. The normalized spacial score (nSPS) is 17.4. The van der Waals surface area contributed by atoms with E-state index in [0.717, 1.165) is 24.5 Å².